The van der Waals surface area contributed by atoms with Crippen LogP contribution in [0, 0.1) is 0 Å². The van der Waals surface area contributed by atoms with Crippen molar-refractivity contribution in [1.82, 2.24) is 18.7 Å². The molecule has 0 saturated heterocycles. The summed E-state index contributed by atoms with van der Waals surface area (Å²) in [4.78, 5) is 31.8. The van der Waals surface area contributed by atoms with Gasteiger partial charge in [-0.3, -0.25) is 18.5 Å². The van der Waals surface area contributed by atoms with Gasteiger partial charge in [0, 0.05) is 24.2 Å². The number of hydrogen-bond donors (Lipinski definition) is 3. The zero-order valence-corrected chi connectivity index (χ0v) is 21.4. The molecule has 4 aromatic rings. The molecule has 3 atom stereocenters. The second-order valence-electron chi connectivity index (χ2n) is 9.67. The maximum atomic E-state index is 13.8. The van der Waals surface area contributed by atoms with Gasteiger partial charge in [0.1, 0.15) is 0 Å². The van der Waals surface area contributed by atoms with E-state index in [1.165, 1.54) is 4.57 Å². The fourth-order valence-electron chi connectivity index (χ4n) is 5.05. The first-order chi connectivity index (χ1) is 17.8. The first-order valence-corrected chi connectivity index (χ1v) is 12.9. The number of aromatic nitrogens is 4. The van der Waals surface area contributed by atoms with Crippen molar-refractivity contribution < 1.29 is 5.11 Å². The lowest BCUT2D eigenvalue weighted by atomic mass is 9.91. The van der Waals surface area contributed by atoms with Crippen LogP contribution in [0.3, 0.4) is 0 Å². The molecule has 1 fully saturated rings. The summed E-state index contributed by atoms with van der Waals surface area (Å²) in [6, 6.07) is 16.3. The number of hydrogen-bond acceptors (Lipinski definition) is 6. The van der Waals surface area contributed by atoms with E-state index in [1.807, 2.05) is 24.3 Å². The Labute approximate surface area is 219 Å². The Hall–Kier alpha value is -3.40. The van der Waals surface area contributed by atoms with Crippen molar-refractivity contribution in [3.05, 3.63) is 91.6 Å². The van der Waals surface area contributed by atoms with Gasteiger partial charge in [0.25, 0.3) is 5.56 Å². The number of aliphatic hydroxyl groups excluding tert-OH is 1. The number of nitrogens with two attached hydrogens (primary N) is 1. The Kier molecular flexibility index (Phi) is 7.19. The van der Waals surface area contributed by atoms with Crippen LogP contribution in [0.1, 0.15) is 42.9 Å². The van der Waals surface area contributed by atoms with Gasteiger partial charge < -0.3 is 16.2 Å². The minimum Gasteiger partial charge on any atom is -0.387 e. The largest absolute Gasteiger partial charge is 0.387 e. The average Bonchev–Trinajstić information content (AvgIpc) is 3.26. The normalized spacial score (nSPS) is 18.7. The fourth-order valence-corrected chi connectivity index (χ4v) is 5.25. The van der Waals surface area contributed by atoms with Crippen LogP contribution in [0.4, 0.5) is 5.95 Å². The van der Waals surface area contributed by atoms with Crippen molar-refractivity contribution in [2.45, 2.75) is 57.0 Å². The minimum absolute atomic E-state index is 0.00489. The molecular weight excluding hydrogens is 492 g/mol. The Bertz CT molecular complexity index is 1530. The molecule has 2 aromatic heterocycles. The lowest BCUT2D eigenvalue weighted by Crippen LogP contribution is -2.43. The van der Waals surface area contributed by atoms with Crippen molar-refractivity contribution in [2.75, 3.05) is 5.32 Å². The SMILES string of the molecule is Cn1c(=O)n(CC(O)c2ccccc2)c(=O)c2c1nc(N[C@H]1CCCC[C@H]1N)n2Cc1ccccc1Cl. The third-order valence-corrected chi connectivity index (χ3v) is 7.56. The molecule has 1 saturated carbocycles. The van der Waals surface area contributed by atoms with Crippen LogP contribution < -0.4 is 22.3 Å². The van der Waals surface area contributed by atoms with Gasteiger partial charge in [0.15, 0.2) is 11.2 Å². The van der Waals surface area contributed by atoms with E-state index < -0.39 is 17.4 Å². The van der Waals surface area contributed by atoms with Crippen LogP contribution in [0.5, 0.6) is 0 Å². The Balaban J connectivity index is 1.65. The first-order valence-electron chi connectivity index (χ1n) is 12.5. The summed E-state index contributed by atoms with van der Waals surface area (Å²) in [6.07, 6.45) is 2.91. The number of anilines is 1. The lowest BCUT2D eigenvalue weighted by Gasteiger charge is -2.29. The number of aliphatic hydroxyl groups is 1. The van der Waals surface area contributed by atoms with Gasteiger partial charge in [-0.1, -0.05) is 73.0 Å². The summed E-state index contributed by atoms with van der Waals surface area (Å²) in [5.41, 5.74) is 7.28. The molecule has 1 aliphatic rings. The molecule has 0 amide bonds. The summed E-state index contributed by atoms with van der Waals surface area (Å²) in [5, 5.41) is 14.8. The number of benzene rings is 2. The predicted molar refractivity (Wildman–Crippen MR) is 145 cm³/mol. The number of aryl methyl sites for hydroxylation is 1. The maximum absolute atomic E-state index is 13.8. The molecule has 4 N–H and O–H groups in total. The van der Waals surface area contributed by atoms with Gasteiger partial charge in [0.05, 0.1) is 19.2 Å². The van der Waals surface area contributed by atoms with Gasteiger partial charge >= 0.3 is 5.69 Å². The number of fused-ring (bicyclic) bond motifs is 1. The van der Waals surface area contributed by atoms with Crippen LogP contribution >= 0.6 is 11.6 Å². The molecule has 2 heterocycles. The monoisotopic (exact) mass is 522 g/mol. The average molecular weight is 523 g/mol. The first kappa shape index (κ1) is 25.3. The molecule has 0 bridgehead atoms. The molecule has 0 radical (unpaired) electrons. The van der Waals surface area contributed by atoms with Crippen molar-refractivity contribution in [3.63, 3.8) is 0 Å². The number of nitrogens with one attached hydrogen (secondary N) is 1. The maximum Gasteiger partial charge on any atom is 0.332 e. The smallest absolute Gasteiger partial charge is 0.332 e. The van der Waals surface area contributed by atoms with E-state index in [0.717, 1.165) is 35.8 Å². The second kappa shape index (κ2) is 10.5. The third kappa shape index (κ3) is 4.94. The highest BCUT2D eigenvalue weighted by Gasteiger charge is 2.27. The molecule has 1 unspecified atom stereocenters. The van der Waals surface area contributed by atoms with Crippen LogP contribution in [0.25, 0.3) is 11.2 Å². The van der Waals surface area contributed by atoms with Gasteiger partial charge in [-0.25, -0.2) is 4.79 Å². The van der Waals surface area contributed by atoms with Gasteiger partial charge in [-0.15, -0.1) is 0 Å². The van der Waals surface area contributed by atoms with Crippen molar-refractivity contribution in [1.29, 1.82) is 0 Å². The standard InChI is InChI=1S/C27H31ClN6O3/c1-32-24-23(25(36)34(27(32)37)16-22(35)17-9-3-2-4-10-17)33(15-18-11-5-6-12-19(18)28)26(31-24)30-21-14-8-7-13-20(21)29/h2-6,9-12,20-22,35H,7-8,13-16,29H2,1H3,(H,30,31)/t20-,21+,22?/m1/s1. The predicted octanol–water partition coefficient (Wildman–Crippen LogP) is 3.01. The highest BCUT2D eigenvalue weighted by Crippen LogP contribution is 2.25. The lowest BCUT2D eigenvalue weighted by molar-refractivity contribution is 0.153. The van der Waals surface area contributed by atoms with E-state index in [0.29, 0.717) is 16.5 Å². The summed E-state index contributed by atoms with van der Waals surface area (Å²) in [7, 11) is 1.58. The molecule has 0 aliphatic heterocycles. The van der Waals surface area contributed by atoms with Crippen molar-refractivity contribution in [3.8, 4) is 0 Å². The molecule has 0 spiro atoms. The summed E-state index contributed by atoms with van der Waals surface area (Å²) >= 11 is 6.48. The molecule has 2 aromatic carbocycles. The molecule has 1 aliphatic carbocycles. The molecule has 5 rings (SSSR count). The van der Waals surface area contributed by atoms with Gasteiger partial charge in [-0.2, -0.15) is 4.98 Å². The topological polar surface area (TPSA) is 120 Å². The van der Waals surface area contributed by atoms with Crippen molar-refractivity contribution in [2.24, 2.45) is 12.8 Å². The number of halogens is 1. The van der Waals surface area contributed by atoms with Crippen LogP contribution in [0.2, 0.25) is 5.02 Å². The second-order valence-corrected chi connectivity index (χ2v) is 10.1. The third-order valence-electron chi connectivity index (χ3n) is 7.19. The quantitative estimate of drug-likeness (QED) is 0.343. The Morgan fingerprint density at radius 1 is 1.08 bits per heavy atom. The van der Waals surface area contributed by atoms with Crippen LogP contribution in [-0.2, 0) is 20.1 Å². The van der Waals surface area contributed by atoms with E-state index in [9.17, 15) is 14.7 Å². The van der Waals surface area contributed by atoms with Gasteiger partial charge in [0.2, 0.25) is 5.95 Å². The summed E-state index contributed by atoms with van der Waals surface area (Å²) in [5.74, 6) is 0.464. The summed E-state index contributed by atoms with van der Waals surface area (Å²) in [6.45, 7) is 0.0914. The fraction of sp³-hybridized carbons (Fsp3) is 0.370. The van der Waals surface area contributed by atoms with Crippen LogP contribution in [0.15, 0.2) is 64.2 Å². The van der Waals surface area contributed by atoms with Crippen LogP contribution in [-0.4, -0.2) is 35.9 Å². The summed E-state index contributed by atoms with van der Waals surface area (Å²) < 4.78 is 4.19. The molecule has 9 nitrogen and oxygen atoms in total. The van der Waals surface area contributed by atoms with Gasteiger partial charge in [-0.05, 0) is 30.0 Å². The Morgan fingerprint density at radius 2 is 1.78 bits per heavy atom. The zero-order valence-electron chi connectivity index (χ0n) is 20.7. The highest BCUT2D eigenvalue weighted by molar-refractivity contribution is 6.31. The van der Waals surface area contributed by atoms with E-state index in [-0.39, 0.29) is 36.3 Å². The van der Waals surface area contributed by atoms with E-state index >= 15 is 0 Å². The number of nitrogens with zero attached hydrogens (tertiary/aromatic N) is 4. The minimum atomic E-state index is -1.03. The zero-order chi connectivity index (χ0) is 26.1. The number of imidazole rings is 1. The molecular formula is C27H31ClN6O3. The Morgan fingerprint density at radius 3 is 2.51 bits per heavy atom. The molecule has 194 valence electrons. The molecule has 37 heavy (non-hydrogen) atoms. The molecule has 10 heteroatoms. The number of rotatable bonds is 7. The van der Waals surface area contributed by atoms with Crippen molar-refractivity contribution >= 4 is 28.7 Å². The van der Waals surface area contributed by atoms with E-state index in [4.69, 9.17) is 22.3 Å². The highest BCUT2D eigenvalue weighted by atomic mass is 35.5. The van der Waals surface area contributed by atoms with E-state index in [2.05, 4.69) is 5.32 Å². The van der Waals surface area contributed by atoms with E-state index in [1.54, 1.807) is 41.9 Å².